The smallest absolute Gasteiger partial charge is 0.390 e. The highest BCUT2D eigenvalue weighted by Crippen LogP contribution is 2.11. The first-order valence-corrected chi connectivity index (χ1v) is 6.06. The Hall–Kier alpha value is -3.70. The van der Waals surface area contributed by atoms with Gasteiger partial charge in [0.05, 0.1) is 11.1 Å². The van der Waals surface area contributed by atoms with E-state index >= 15 is 0 Å². The number of hydrogen-bond donors (Lipinski definition) is 1. The van der Waals surface area contributed by atoms with Gasteiger partial charge in [-0.25, -0.2) is 5.43 Å². The van der Waals surface area contributed by atoms with E-state index in [-0.39, 0.29) is 12.2 Å². The Labute approximate surface area is 127 Å². The normalized spacial score (nSPS) is 10.6. The average molecular weight is 319 g/mol. The number of carbonyl (C=O) groups excluding carboxylic acids is 1. The van der Waals surface area contributed by atoms with Crippen LogP contribution in [0.5, 0.6) is 0 Å². The summed E-state index contributed by atoms with van der Waals surface area (Å²) in [7, 11) is 0. The highest BCUT2D eigenvalue weighted by molar-refractivity contribution is 5.83. The maximum atomic E-state index is 11.6. The molecule has 0 bridgehead atoms. The number of hydrazone groups is 1. The summed E-state index contributed by atoms with van der Waals surface area (Å²) < 4.78 is 0.982. The minimum absolute atomic E-state index is 0.102. The van der Waals surface area contributed by atoms with Gasteiger partial charge in [0.15, 0.2) is 0 Å². The minimum atomic E-state index is -0.783. The van der Waals surface area contributed by atoms with Gasteiger partial charge in [-0.2, -0.15) is 9.78 Å². The summed E-state index contributed by atoms with van der Waals surface area (Å²) in [5, 5.41) is 28.1. The van der Waals surface area contributed by atoms with Crippen LogP contribution in [0.4, 0.5) is 11.6 Å². The Morgan fingerprint density at radius 1 is 1.35 bits per heavy atom. The molecule has 1 amide bonds. The molecule has 1 N–H and O–H groups in total. The van der Waals surface area contributed by atoms with Crippen LogP contribution < -0.4 is 5.43 Å². The van der Waals surface area contributed by atoms with Crippen molar-refractivity contribution in [3.05, 3.63) is 56.4 Å². The summed E-state index contributed by atoms with van der Waals surface area (Å²) in [6.45, 7) is -0.312. The first kappa shape index (κ1) is 15.7. The van der Waals surface area contributed by atoms with E-state index in [9.17, 15) is 25.0 Å². The summed E-state index contributed by atoms with van der Waals surface area (Å²) in [6.07, 6.45) is 2.27. The zero-order valence-electron chi connectivity index (χ0n) is 11.4. The molecule has 0 fully saturated rings. The maximum absolute atomic E-state index is 11.6. The van der Waals surface area contributed by atoms with Crippen molar-refractivity contribution in [2.75, 3.05) is 0 Å². The molecule has 1 heterocycles. The fraction of sp³-hybridized carbons (Fsp3) is 0.0909. The van der Waals surface area contributed by atoms with Gasteiger partial charge in [0.1, 0.15) is 6.54 Å². The maximum Gasteiger partial charge on any atom is 0.490 e. The summed E-state index contributed by atoms with van der Waals surface area (Å²) in [5.41, 5.74) is 2.49. The molecule has 0 unspecified atom stereocenters. The van der Waals surface area contributed by atoms with Crippen LogP contribution in [0, 0.1) is 20.2 Å². The third-order valence-corrected chi connectivity index (χ3v) is 2.48. The molecule has 118 valence electrons. The monoisotopic (exact) mass is 319 g/mol. The summed E-state index contributed by atoms with van der Waals surface area (Å²) in [4.78, 5) is 34.6. The quantitative estimate of drug-likeness (QED) is 0.453. The van der Waals surface area contributed by atoms with Gasteiger partial charge in [-0.1, -0.05) is 17.1 Å². The molecular formula is C11H9N7O5. The fourth-order valence-corrected chi connectivity index (χ4v) is 1.52. The molecule has 0 radical (unpaired) electrons. The second-order valence-corrected chi connectivity index (χ2v) is 4.14. The zero-order valence-corrected chi connectivity index (χ0v) is 11.4. The van der Waals surface area contributed by atoms with Crippen molar-refractivity contribution in [3.8, 4) is 0 Å². The molecule has 2 rings (SSSR count). The Bertz CT molecular complexity index is 785. The number of nitro groups is 2. The van der Waals surface area contributed by atoms with Gasteiger partial charge in [0, 0.05) is 22.8 Å². The van der Waals surface area contributed by atoms with Crippen LogP contribution in [0.1, 0.15) is 5.56 Å². The van der Waals surface area contributed by atoms with Crippen molar-refractivity contribution >= 4 is 23.8 Å². The second-order valence-electron chi connectivity index (χ2n) is 4.14. The van der Waals surface area contributed by atoms with Gasteiger partial charge < -0.3 is 10.1 Å². The molecular weight excluding hydrogens is 310 g/mol. The van der Waals surface area contributed by atoms with Crippen LogP contribution in [0.3, 0.4) is 0 Å². The molecule has 0 spiro atoms. The molecule has 12 nitrogen and oxygen atoms in total. The van der Waals surface area contributed by atoms with E-state index in [2.05, 4.69) is 20.6 Å². The lowest BCUT2D eigenvalue weighted by atomic mass is 10.2. The standard InChI is InChI=1S/C11H9N7O5/c19-10(6-16-7-12-11(15-16)18(22)23)14-13-5-8-2-1-3-9(4-8)17(20)21/h1-5,7H,6H2,(H,14,19). The van der Waals surface area contributed by atoms with E-state index in [1.54, 1.807) is 6.07 Å². The number of amides is 1. The lowest BCUT2D eigenvalue weighted by Crippen LogP contribution is -2.23. The van der Waals surface area contributed by atoms with Crippen molar-refractivity contribution in [2.24, 2.45) is 5.10 Å². The number of nitrogens with zero attached hydrogens (tertiary/aromatic N) is 6. The fourth-order valence-electron chi connectivity index (χ4n) is 1.52. The Morgan fingerprint density at radius 2 is 2.13 bits per heavy atom. The Balaban J connectivity index is 1.91. The molecule has 0 aliphatic carbocycles. The van der Waals surface area contributed by atoms with E-state index in [0.717, 1.165) is 11.0 Å². The van der Waals surface area contributed by atoms with E-state index in [4.69, 9.17) is 0 Å². The lowest BCUT2D eigenvalue weighted by molar-refractivity contribution is -0.394. The first-order chi connectivity index (χ1) is 11.0. The number of nitro benzene ring substituents is 1. The molecule has 23 heavy (non-hydrogen) atoms. The summed E-state index contributed by atoms with van der Waals surface area (Å²) in [5.74, 6) is -1.20. The first-order valence-electron chi connectivity index (χ1n) is 6.06. The van der Waals surface area contributed by atoms with E-state index < -0.39 is 21.7 Å². The number of carbonyl (C=O) groups is 1. The van der Waals surface area contributed by atoms with Crippen LogP contribution in [-0.4, -0.2) is 36.7 Å². The van der Waals surface area contributed by atoms with Gasteiger partial charge in [-0.15, -0.1) is 0 Å². The third kappa shape index (κ3) is 4.38. The van der Waals surface area contributed by atoms with Crippen molar-refractivity contribution in [1.29, 1.82) is 0 Å². The van der Waals surface area contributed by atoms with E-state index in [1.807, 2.05) is 0 Å². The van der Waals surface area contributed by atoms with Crippen LogP contribution >= 0.6 is 0 Å². The largest absolute Gasteiger partial charge is 0.490 e. The summed E-state index contributed by atoms with van der Waals surface area (Å²) in [6, 6.07) is 5.67. The lowest BCUT2D eigenvalue weighted by Gasteiger charge is -1.97. The van der Waals surface area contributed by atoms with Gasteiger partial charge in [0.25, 0.3) is 11.6 Å². The minimum Gasteiger partial charge on any atom is -0.390 e. The van der Waals surface area contributed by atoms with Crippen molar-refractivity contribution in [3.63, 3.8) is 0 Å². The summed E-state index contributed by atoms with van der Waals surface area (Å²) >= 11 is 0. The molecule has 0 aliphatic heterocycles. The molecule has 0 saturated carbocycles. The highest BCUT2D eigenvalue weighted by Gasteiger charge is 2.14. The Kier molecular flexibility index (Phi) is 4.66. The molecule has 2 aromatic rings. The number of non-ortho nitro benzene ring substituents is 1. The molecule has 1 aromatic carbocycles. The number of hydrogen-bond acceptors (Lipinski definition) is 8. The van der Waals surface area contributed by atoms with Crippen LogP contribution in [0.25, 0.3) is 0 Å². The van der Waals surface area contributed by atoms with Gasteiger partial charge in [-0.05, 0) is 4.92 Å². The molecule has 12 heteroatoms. The molecule has 0 atom stereocenters. The van der Waals surface area contributed by atoms with E-state index in [1.165, 1.54) is 24.4 Å². The van der Waals surface area contributed by atoms with Crippen LogP contribution in [0.2, 0.25) is 0 Å². The van der Waals surface area contributed by atoms with E-state index in [0.29, 0.717) is 5.56 Å². The topological polar surface area (TPSA) is 158 Å². The highest BCUT2D eigenvalue weighted by atomic mass is 16.6. The van der Waals surface area contributed by atoms with Crippen molar-refractivity contribution < 1.29 is 14.6 Å². The van der Waals surface area contributed by atoms with Gasteiger partial charge >= 0.3 is 5.95 Å². The SMILES string of the molecule is O=C(Cn1cnc([N+](=O)[O-])n1)NN=Cc1cccc([N+](=O)[O-])c1. The van der Waals surface area contributed by atoms with Crippen LogP contribution in [0.15, 0.2) is 35.7 Å². The number of rotatable bonds is 6. The third-order valence-electron chi connectivity index (χ3n) is 2.48. The number of aromatic nitrogens is 3. The molecule has 0 saturated heterocycles. The van der Waals surface area contributed by atoms with Crippen molar-refractivity contribution in [1.82, 2.24) is 20.2 Å². The second kappa shape index (κ2) is 6.84. The van der Waals surface area contributed by atoms with Crippen molar-refractivity contribution in [2.45, 2.75) is 6.54 Å². The predicted molar refractivity (Wildman–Crippen MR) is 75.5 cm³/mol. The van der Waals surface area contributed by atoms with Gasteiger partial charge in [0.2, 0.25) is 6.33 Å². The van der Waals surface area contributed by atoms with Crippen LogP contribution in [-0.2, 0) is 11.3 Å². The molecule has 1 aromatic heterocycles. The number of benzene rings is 1. The zero-order chi connectivity index (χ0) is 16.8. The molecule has 0 aliphatic rings. The Morgan fingerprint density at radius 3 is 2.78 bits per heavy atom. The predicted octanol–water partition coefficient (Wildman–Crippen LogP) is 0.245. The van der Waals surface area contributed by atoms with Gasteiger partial charge in [-0.3, -0.25) is 14.9 Å². The number of nitrogens with one attached hydrogen (secondary N) is 1. The average Bonchev–Trinajstić information content (AvgIpc) is 2.96.